The average Bonchev–Trinajstić information content (AvgIpc) is 3.32. The van der Waals surface area contributed by atoms with Crippen LogP contribution in [-0.4, -0.2) is 66.8 Å². The van der Waals surface area contributed by atoms with E-state index in [2.05, 4.69) is 43.6 Å². The predicted octanol–water partition coefficient (Wildman–Crippen LogP) is 1.27. The lowest BCUT2D eigenvalue weighted by Crippen LogP contribution is -2.48. The van der Waals surface area contributed by atoms with Crippen molar-refractivity contribution in [2.24, 2.45) is 4.99 Å². The number of thioether (sulfide) groups is 1. The standard InChI is InChI=1S/C21H34N6O4S/c1-2-19-25-17(14-32-19)20(28)26-18(31-29)13-15-5-7-16(8-6-15)27-30-12-4-11-24-21-22-9-3-10-23-21/h5-8,17-19,25,27,29H,2-4,9-14H2,1H3,(H,26,28)(H2,22,23,24). The van der Waals surface area contributed by atoms with E-state index in [1.165, 1.54) is 0 Å². The fraction of sp³-hybridized carbons (Fsp3) is 0.619. The first-order chi connectivity index (χ1) is 15.7. The minimum atomic E-state index is -0.805. The molecule has 2 aliphatic heterocycles. The number of benzene rings is 1. The monoisotopic (exact) mass is 466 g/mol. The second-order valence-corrected chi connectivity index (χ2v) is 8.93. The Hall–Kier alpha value is -2.05. The third-order valence-electron chi connectivity index (χ3n) is 5.15. The van der Waals surface area contributed by atoms with Crippen LogP contribution in [0.25, 0.3) is 0 Å². The molecule has 0 bridgehead atoms. The normalized spacial score (nSPS) is 21.4. The lowest BCUT2D eigenvalue weighted by molar-refractivity contribution is -0.284. The average molecular weight is 467 g/mol. The summed E-state index contributed by atoms with van der Waals surface area (Å²) in [5, 5.41) is 22.0. The van der Waals surface area contributed by atoms with E-state index in [4.69, 9.17) is 4.84 Å². The maximum atomic E-state index is 12.4. The van der Waals surface area contributed by atoms with E-state index in [1.807, 2.05) is 24.3 Å². The summed E-state index contributed by atoms with van der Waals surface area (Å²) >= 11 is 1.73. The van der Waals surface area contributed by atoms with E-state index in [-0.39, 0.29) is 11.9 Å². The van der Waals surface area contributed by atoms with Crippen LogP contribution < -0.4 is 26.7 Å². The molecule has 1 aromatic carbocycles. The van der Waals surface area contributed by atoms with Crippen molar-refractivity contribution in [1.82, 2.24) is 21.3 Å². The predicted molar refractivity (Wildman–Crippen MR) is 126 cm³/mol. The van der Waals surface area contributed by atoms with Crippen LogP contribution in [0.4, 0.5) is 5.69 Å². The second kappa shape index (κ2) is 13.5. The van der Waals surface area contributed by atoms with E-state index < -0.39 is 6.23 Å². The first-order valence-electron chi connectivity index (χ1n) is 11.1. The molecule has 0 aliphatic carbocycles. The molecule has 3 unspecified atom stereocenters. The zero-order valence-electron chi connectivity index (χ0n) is 18.4. The number of nitrogens with one attached hydrogen (secondary N) is 5. The highest BCUT2D eigenvalue weighted by molar-refractivity contribution is 8.00. The number of rotatable bonds is 12. The largest absolute Gasteiger partial charge is 0.356 e. The molecule has 0 aromatic heterocycles. The minimum Gasteiger partial charge on any atom is -0.356 e. The van der Waals surface area contributed by atoms with E-state index >= 15 is 0 Å². The number of amides is 1. The van der Waals surface area contributed by atoms with Crippen molar-refractivity contribution in [3.05, 3.63) is 29.8 Å². The molecule has 10 nitrogen and oxygen atoms in total. The Labute approximate surface area is 193 Å². The van der Waals surface area contributed by atoms with Crippen LogP contribution in [0.15, 0.2) is 29.3 Å². The highest BCUT2D eigenvalue weighted by Gasteiger charge is 2.30. The minimum absolute atomic E-state index is 0.167. The van der Waals surface area contributed by atoms with Crippen molar-refractivity contribution in [2.75, 3.05) is 37.5 Å². The van der Waals surface area contributed by atoms with Crippen LogP contribution >= 0.6 is 11.8 Å². The molecular formula is C21H34N6O4S. The Morgan fingerprint density at radius 1 is 1.38 bits per heavy atom. The van der Waals surface area contributed by atoms with Gasteiger partial charge in [0, 0.05) is 31.8 Å². The van der Waals surface area contributed by atoms with Crippen molar-refractivity contribution < 1.29 is 19.8 Å². The second-order valence-electron chi connectivity index (χ2n) is 7.69. The fourth-order valence-corrected chi connectivity index (χ4v) is 4.52. The smallest absolute Gasteiger partial charge is 0.240 e. The summed E-state index contributed by atoms with van der Waals surface area (Å²) in [5.41, 5.74) is 4.66. The van der Waals surface area contributed by atoms with Gasteiger partial charge in [0.15, 0.2) is 12.2 Å². The fourth-order valence-electron chi connectivity index (χ4n) is 3.35. The molecule has 6 N–H and O–H groups in total. The van der Waals surface area contributed by atoms with Gasteiger partial charge in [0.2, 0.25) is 5.91 Å². The molecule has 178 valence electrons. The molecule has 1 aromatic rings. The zero-order chi connectivity index (χ0) is 22.6. The summed E-state index contributed by atoms with van der Waals surface area (Å²) in [6.45, 7) is 5.26. The molecule has 2 heterocycles. The summed E-state index contributed by atoms with van der Waals surface area (Å²) in [6, 6.07) is 7.29. The van der Waals surface area contributed by atoms with Crippen LogP contribution in [0.3, 0.4) is 0 Å². The molecular weight excluding hydrogens is 432 g/mol. The number of carbonyl (C=O) groups excluding carboxylic acids is 1. The van der Waals surface area contributed by atoms with Gasteiger partial charge in [-0.2, -0.15) is 0 Å². The van der Waals surface area contributed by atoms with Gasteiger partial charge in [-0.1, -0.05) is 19.1 Å². The van der Waals surface area contributed by atoms with Gasteiger partial charge in [0.05, 0.1) is 23.7 Å². The molecule has 1 saturated heterocycles. The van der Waals surface area contributed by atoms with E-state index in [0.29, 0.717) is 24.2 Å². The van der Waals surface area contributed by atoms with Gasteiger partial charge < -0.3 is 16.0 Å². The van der Waals surface area contributed by atoms with Gasteiger partial charge in [-0.05, 0) is 37.0 Å². The van der Waals surface area contributed by atoms with E-state index in [0.717, 1.165) is 56.1 Å². The summed E-state index contributed by atoms with van der Waals surface area (Å²) < 4.78 is 0. The highest BCUT2D eigenvalue weighted by Crippen LogP contribution is 2.21. The van der Waals surface area contributed by atoms with Crippen molar-refractivity contribution in [2.45, 2.75) is 50.3 Å². The first kappa shape index (κ1) is 24.6. The topological polar surface area (TPSA) is 128 Å². The molecule has 1 fully saturated rings. The van der Waals surface area contributed by atoms with Gasteiger partial charge in [0.25, 0.3) is 0 Å². The Morgan fingerprint density at radius 2 is 2.22 bits per heavy atom. The van der Waals surface area contributed by atoms with Gasteiger partial charge in [-0.15, -0.1) is 11.8 Å². The third kappa shape index (κ3) is 8.14. The third-order valence-corrected chi connectivity index (χ3v) is 6.54. The molecule has 11 heteroatoms. The number of guanidine groups is 1. The lowest BCUT2D eigenvalue weighted by atomic mass is 10.1. The molecule has 1 amide bonds. The SMILES string of the molecule is CCC1NC(C(=O)NC(Cc2ccc(NOCCCNC3=NCCCN3)cc2)OO)CS1. The molecule has 3 atom stereocenters. The number of anilines is 1. The Balaban J connectivity index is 1.32. The molecule has 0 radical (unpaired) electrons. The number of carbonyl (C=O) groups is 1. The van der Waals surface area contributed by atoms with Crippen LogP contribution in [-0.2, 0) is 20.9 Å². The van der Waals surface area contributed by atoms with Crippen molar-refractivity contribution in [3.63, 3.8) is 0 Å². The number of hydrogen-bond acceptors (Lipinski definition) is 10. The lowest BCUT2D eigenvalue weighted by Gasteiger charge is -2.18. The zero-order valence-corrected chi connectivity index (χ0v) is 19.2. The molecule has 0 saturated carbocycles. The highest BCUT2D eigenvalue weighted by atomic mass is 32.2. The van der Waals surface area contributed by atoms with Crippen LogP contribution in [0.1, 0.15) is 31.7 Å². The van der Waals surface area contributed by atoms with Crippen molar-refractivity contribution >= 4 is 29.3 Å². The van der Waals surface area contributed by atoms with Gasteiger partial charge >= 0.3 is 0 Å². The summed E-state index contributed by atoms with van der Waals surface area (Å²) in [5.74, 6) is 1.41. The molecule has 2 aliphatic rings. The quantitative estimate of drug-likeness (QED) is 0.117. The van der Waals surface area contributed by atoms with Gasteiger partial charge in [-0.3, -0.25) is 25.4 Å². The summed E-state index contributed by atoms with van der Waals surface area (Å²) in [4.78, 5) is 26.7. The molecule has 32 heavy (non-hydrogen) atoms. The Morgan fingerprint density at radius 3 is 2.91 bits per heavy atom. The summed E-state index contributed by atoms with van der Waals surface area (Å²) in [7, 11) is 0. The Bertz CT molecular complexity index is 736. The van der Waals surface area contributed by atoms with E-state index in [1.54, 1.807) is 11.8 Å². The Kier molecular flexibility index (Phi) is 10.4. The van der Waals surface area contributed by atoms with Crippen molar-refractivity contribution in [1.29, 1.82) is 0 Å². The van der Waals surface area contributed by atoms with E-state index in [9.17, 15) is 10.1 Å². The van der Waals surface area contributed by atoms with Crippen LogP contribution in [0.5, 0.6) is 0 Å². The first-order valence-corrected chi connectivity index (χ1v) is 12.2. The molecule has 0 spiro atoms. The van der Waals surface area contributed by atoms with Crippen LogP contribution in [0.2, 0.25) is 0 Å². The van der Waals surface area contributed by atoms with Gasteiger partial charge in [-0.25, -0.2) is 10.1 Å². The number of aliphatic imine (C=N–C) groups is 1. The molecule has 3 rings (SSSR count). The number of hydrogen-bond donors (Lipinski definition) is 6. The van der Waals surface area contributed by atoms with Crippen LogP contribution in [0, 0.1) is 0 Å². The summed E-state index contributed by atoms with van der Waals surface area (Å²) in [6.07, 6.45) is 2.43. The van der Waals surface area contributed by atoms with Gasteiger partial charge in [0.1, 0.15) is 0 Å². The maximum Gasteiger partial charge on any atom is 0.240 e. The maximum absolute atomic E-state index is 12.4. The van der Waals surface area contributed by atoms with Crippen molar-refractivity contribution in [3.8, 4) is 0 Å². The number of nitrogens with zero attached hydrogens (tertiary/aromatic N) is 1.